The van der Waals surface area contributed by atoms with E-state index in [2.05, 4.69) is 81.5 Å². The van der Waals surface area contributed by atoms with Crippen LogP contribution >= 0.6 is 0 Å². The van der Waals surface area contributed by atoms with Crippen LogP contribution in [-0.4, -0.2) is 89.2 Å². The second-order valence-electron chi connectivity index (χ2n) is 22.7. The van der Waals surface area contributed by atoms with Gasteiger partial charge in [0.25, 0.3) is 0 Å². The van der Waals surface area contributed by atoms with E-state index in [1.165, 1.54) is 122 Å². The van der Waals surface area contributed by atoms with Crippen LogP contribution in [0, 0.1) is 0 Å². The molecule has 1 aliphatic heterocycles. The van der Waals surface area contributed by atoms with Crippen LogP contribution in [0.3, 0.4) is 0 Å². The van der Waals surface area contributed by atoms with Crippen molar-refractivity contribution in [1.82, 2.24) is 0 Å². The maximum atomic E-state index is 13.2. The molecule has 3 N–H and O–H groups in total. The molecule has 0 saturated carbocycles. The van der Waals surface area contributed by atoms with Gasteiger partial charge in [-0.3, -0.25) is 14.4 Å². The van der Waals surface area contributed by atoms with Crippen molar-refractivity contribution in [2.75, 3.05) is 13.2 Å². The zero-order chi connectivity index (χ0) is 58.9. The van der Waals surface area contributed by atoms with Crippen molar-refractivity contribution in [3.8, 4) is 0 Å². The molecule has 81 heavy (non-hydrogen) atoms. The highest BCUT2D eigenvalue weighted by Gasteiger charge is 2.50. The Bertz CT molecular complexity index is 1640. The van der Waals surface area contributed by atoms with Crippen LogP contribution in [0.4, 0.5) is 0 Å². The predicted octanol–water partition coefficient (Wildman–Crippen LogP) is 17.9. The van der Waals surface area contributed by atoms with Crippen LogP contribution in [0.15, 0.2) is 60.8 Å². The molecule has 0 radical (unpaired) electrons. The lowest BCUT2D eigenvalue weighted by Gasteiger charge is -2.40. The molecule has 6 atom stereocenters. The van der Waals surface area contributed by atoms with Crippen molar-refractivity contribution in [2.45, 2.75) is 340 Å². The molecule has 1 rings (SSSR count). The van der Waals surface area contributed by atoms with Crippen LogP contribution in [0.25, 0.3) is 0 Å². The lowest BCUT2D eigenvalue weighted by molar-refractivity contribution is -0.301. The predicted molar refractivity (Wildman–Crippen MR) is 331 cm³/mol. The molecule has 1 heterocycles. The maximum Gasteiger partial charge on any atom is 0.335 e. The SMILES string of the molecule is CC/C=C\C/C=C\C/C=C\C/C=C\CCCCCCCCC(=O)OC1C(OCC(COC(=O)CCCCCCCCCCCCCCCCCCC)OC(=O)CCCCCCC/C=C\CCCCCCCC)OC(C(=O)O)C(O)C1O. The summed E-state index contributed by atoms with van der Waals surface area (Å²) >= 11 is 0. The Hall–Kier alpha value is -3.58. The van der Waals surface area contributed by atoms with Gasteiger partial charge in [-0.25, -0.2) is 4.79 Å². The Morgan fingerprint density at radius 1 is 0.420 bits per heavy atom. The first kappa shape index (κ1) is 75.4. The number of allylic oxidation sites excluding steroid dienone is 10. The van der Waals surface area contributed by atoms with Gasteiger partial charge in [0.05, 0.1) is 6.61 Å². The van der Waals surface area contributed by atoms with E-state index in [0.29, 0.717) is 19.3 Å². The number of carbonyl (C=O) groups is 4. The normalized spacial score (nSPS) is 18.1. The summed E-state index contributed by atoms with van der Waals surface area (Å²) in [5.41, 5.74) is 0. The zero-order valence-corrected chi connectivity index (χ0v) is 51.8. The summed E-state index contributed by atoms with van der Waals surface area (Å²) in [4.78, 5) is 51.4. The highest BCUT2D eigenvalue weighted by molar-refractivity contribution is 5.74. The first-order valence-corrected chi connectivity index (χ1v) is 33.3. The van der Waals surface area contributed by atoms with Crippen molar-refractivity contribution in [2.24, 2.45) is 0 Å². The lowest BCUT2D eigenvalue weighted by atomic mass is 9.98. The number of unbranched alkanes of at least 4 members (excludes halogenated alkanes) is 33. The van der Waals surface area contributed by atoms with Crippen molar-refractivity contribution < 1.29 is 58.2 Å². The summed E-state index contributed by atoms with van der Waals surface area (Å²) in [7, 11) is 0. The summed E-state index contributed by atoms with van der Waals surface area (Å²) in [5, 5.41) is 31.6. The fourth-order valence-corrected chi connectivity index (χ4v) is 10.0. The first-order valence-electron chi connectivity index (χ1n) is 33.3. The Labute approximate surface area is 494 Å². The fourth-order valence-electron chi connectivity index (χ4n) is 10.0. The molecule has 468 valence electrons. The van der Waals surface area contributed by atoms with Gasteiger partial charge in [0.1, 0.15) is 18.8 Å². The molecular weight excluding hydrogens is 1020 g/mol. The van der Waals surface area contributed by atoms with Gasteiger partial charge < -0.3 is 39.0 Å². The van der Waals surface area contributed by atoms with Gasteiger partial charge in [0, 0.05) is 19.3 Å². The Morgan fingerprint density at radius 3 is 1.20 bits per heavy atom. The number of carbonyl (C=O) groups excluding carboxylic acids is 3. The first-order chi connectivity index (χ1) is 39.6. The molecule has 1 fully saturated rings. The van der Waals surface area contributed by atoms with Gasteiger partial charge >= 0.3 is 23.9 Å². The number of rotatable bonds is 57. The van der Waals surface area contributed by atoms with Crippen LogP contribution in [0.1, 0.15) is 303 Å². The van der Waals surface area contributed by atoms with Gasteiger partial charge in [-0.15, -0.1) is 0 Å². The highest BCUT2D eigenvalue weighted by Crippen LogP contribution is 2.27. The third kappa shape index (κ3) is 46.5. The van der Waals surface area contributed by atoms with E-state index in [4.69, 9.17) is 23.7 Å². The lowest BCUT2D eigenvalue weighted by Crippen LogP contribution is -2.61. The topological polar surface area (TPSA) is 175 Å². The Balaban J connectivity index is 2.65. The van der Waals surface area contributed by atoms with E-state index >= 15 is 0 Å². The standard InChI is InChI=1S/C69H120O12/c1-4-7-10-13-16-19-22-25-28-30-31-33-36-39-42-45-48-51-54-57-63(72)80-67-65(74)64(73)66(68(75)76)81-69(67)78-59-60(79-62(71)56-53-50-47-44-41-38-34-27-24-21-18-15-12-9-6-3)58-77-61(70)55-52-49-46-43-40-37-35-32-29-26-23-20-17-14-11-8-5-2/h7,10,16,19,25,27-28,31,33-34,60,64-67,69,73-74H,4-6,8-9,11-15,17-18,20-24,26,29-30,32,35-59H2,1-3H3,(H,75,76)/b10-7-,19-16-,28-25-,33-31-,34-27-. The smallest absolute Gasteiger partial charge is 0.335 e. The molecule has 0 aromatic carbocycles. The van der Waals surface area contributed by atoms with E-state index in [0.717, 1.165) is 122 Å². The van der Waals surface area contributed by atoms with Crippen molar-refractivity contribution in [1.29, 1.82) is 0 Å². The summed E-state index contributed by atoms with van der Waals surface area (Å²) in [6.45, 7) is 5.91. The Morgan fingerprint density at radius 2 is 0.778 bits per heavy atom. The molecule has 0 spiro atoms. The number of aliphatic hydroxyl groups excluding tert-OH is 2. The number of carboxylic acids is 1. The maximum absolute atomic E-state index is 13.2. The van der Waals surface area contributed by atoms with Crippen molar-refractivity contribution >= 4 is 23.9 Å². The van der Waals surface area contributed by atoms with E-state index in [1.54, 1.807) is 0 Å². The summed E-state index contributed by atoms with van der Waals surface area (Å²) in [6, 6.07) is 0. The van der Waals surface area contributed by atoms with Crippen molar-refractivity contribution in [3.05, 3.63) is 60.8 Å². The monoisotopic (exact) mass is 1140 g/mol. The molecule has 6 unspecified atom stereocenters. The molecule has 0 bridgehead atoms. The van der Waals surface area contributed by atoms with Gasteiger partial charge in [-0.2, -0.15) is 0 Å². The number of aliphatic carboxylic acids is 1. The number of esters is 3. The van der Waals surface area contributed by atoms with Crippen LogP contribution in [0.5, 0.6) is 0 Å². The summed E-state index contributed by atoms with van der Waals surface area (Å²) < 4.78 is 28.6. The molecule has 1 saturated heterocycles. The van der Waals surface area contributed by atoms with Gasteiger partial charge in [-0.05, 0) is 83.5 Å². The molecule has 0 aromatic heterocycles. The second-order valence-corrected chi connectivity index (χ2v) is 22.7. The second kappa shape index (κ2) is 56.9. The number of aliphatic hydroxyl groups is 2. The van der Waals surface area contributed by atoms with Gasteiger partial charge in [0.15, 0.2) is 24.6 Å². The third-order valence-electron chi connectivity index (χ3n) is 15.1. The molecule has 12 nitrogen and oxygen atoms in total. The number of carboxylic acid groups (broad SMARTS) is 1. The number of ether oxygens (including phenoxy) is 5. The van der Waals surface area contributed by atoms with Crippen LogP contribution < -0.4 is 0 Å². The summed E-state index contributed by atoms with van der Waals surface area (Å²) in [5.74, 6) is -3.12. The fraction of sp³-hybridized carbons (Fsp3) is 0.797. The minimum Gasteiger partial charge on any atom is -0.479 e. The average molecular weight is 1140 g/mol. The average Bonchev–Trinajstić information content (AvgIpc) is 3.54. The third-order valence-corrected chi connectivity index (χ3v) is 15.1. The minimum atomic E-state index is -1.91. The van der Waals surface area contributed by atoms with E-state index in [9.17, 15) is 34.5 Å². The number of hydrogen-bond donors (Lipinski definition) is 3. The summed E-state index contributed by atoms with van der Waals surface area (Å²) in [6.07, 6.45) is 58.9. The molecule has 12 heteroatoms. The molecule has 0 aromatic rings. The van der Waals surface area contributed by atoms with E-state index < -0.39 is 67.3 Å². The highest BCUT2D eigenvalue weighted by atomic mass is 16.7. The van der Waals surface area contributed by atoms with E-state index in [1.807, 2.05) is 0 Å². The van der Waals surface area contributed by atoms with E-state index in [-0.39, 0.29) is 25.9 Å². The largest absolute Gasteiger partial charge is 0.479 e. The van der Waals surface area contributed by atoms with Crippen molar-refractivity contribution in [3.63, 3.8) is 0 Å². The Kier molecular flexibility index (Phi) is 53.0. The quantitative estimate of drug-likeness (QED) is 0.0228. The molecule has 0 amide bonds. The van der Waals surface area contributed by atoms with Crippen LogP contribution in [-0.2, 0) is 42.9 Å². The number of hydrogen-bond acceptors (Lipinski definition) is 11. The van der Waals surface area contributed by atoms with Gasteiger partial charge in [0.2, 0.25) is 0 Å². The molecule has 0 aliphatic carbocycles. The van der Waals surface area contributed by atoms with Crippen LogP contribution in [0.2, 0.25) is 0 Å². The zero-order valence-electron chi connectivity index (χ0n) is 51.8. The van der Waals surface area contributed by atoms with Gasteiger partial charge in [-0.1, -0.05) is 261 Å². The molecule has 1 aliphatic rings. The molecular formula is C69H120O12. The minimum absolute atomic E-state index is 0.0440.